The first-order chi connectivity index (χ1) is 5.38. The lowest BCUT2D eigenvalue weighted by atomic mass is 10.0. The molecule has 0 amide bonds. The molecule has 2 rings (SSSR count). The quantitative estimate of drug-likeness (QED) is 0.533. The molecule has 1 aromatic heterocycles. The van der Waals surface area contributed by atoms with Crippen LogP contribution in [-0.2, 0) is 0 Å². The van der Waals surface area contributed by atoms with E-state index < -0.39 is 0 Å². The van der Waals surface area contributed by atoms with Crippen LogP contribution in [0.25, 0.3) is 0 Å². The van der Waals surface area contributed by atoms with E-state index in [9.17, 15) is 0 Å². The number of hydrogen-bond donors (Lipinski definition) is 3. The van der Waals surface area contributed by atoms with Gasteiger partial charge in [0.05, 0.1) is 6.20 Å². The van der Waals surface area contributed by atoms with Gasteiger partial charge in [-0.25, -0.2) is 0 Å². The molecule has 4 nitrogen and oxygen atoms in total. The largest absolute Gasteiger partial charge is 0.384 e. The third-order valence-electron chi connectivity index (χ3n) is 2.20. The smallest absolute Gasteiger partial charge is 0.122 e. The fourth-order valence-electron chi connectivity index (χ4n) is 1.55. The second-order valence-electron chi connectivity index (χ2n) is 2.93. The average Bonchev–Trinajstić information content (AvgIpc) is 2.55. The summed E-state index contributed by atoms with van der Waals surface area (Å²) in [6, 6.07) is 0. The average molecular weight is 152 g/mol. The number of hydrogen-bond acceptors (Lipinski definition) is 3. The molecule has 2 heterocycles. The minimum Gasteiger partial charge on any atom is -0.384 e. The predicted molar refractivity (Wildman–Crippen MR) is 43.2 cm³/mol. The molecular formula is C7H12N4. The fraction of sp³-hybridized carbons (Fsp3) is 0.571. The maximum atomic E-state index is 5.67. The van der Waals surface area contributed by atoms with Crippen molar-refractivity contribution in [3.8, 4) is 0 Å². The first-order valence-corrected chi connectivity index (χ1v) is 3.87. The maximum absolute atomic E-state index is 5.67. The summed E-state index contributed by atoms with van der Waals surface area (Å²) in [4.78, 5) is 0. The van der Waals surface area contributed by atoms with Crippen LogP contribution in [0.1, 0.15) is 17.9 Å². The van der Waals surface area contributed by atoms with Crippen molar-refractivity contribution in [2.24, 2.45) is 0 Å². The van der Waals surface area contributed by atoms with Gasteiger partial charge in [0.25, 0.3) is 0 Å². The minimum absolute atomic E-state index is 0.564. The fourth-order valence-corrected chi connectivity index (χ4v) is 1.55. The zero-order chi connectivity index (χ0) is 7.68. The van der Waals surface area contributed by atoms with Gasteiger partial charge in [-0.3, -0.25) is 5.10 Å². The van der Waals surface area contributed by atoms with Gasteiger partial charge in [0.1, 0.15) is 5.82 Å². The van der Waals surface area contributed by atoms with Crippen molar-refractivity contribution < 1.29 is 0 Å². The van der Waals surface area contributed by atoms with Crippen LogP contribution in [0.15, 0.2) is 6.20 Å². The Morgan fingerprint density at radius 3 is 3.09 bits per heavy atom. The number of nitrogens with two attached hydrogens (primary N) is 1. The second kappa shape index (κ2) is 2.54. The molecule has 1 aliphatic rings. The van der Waals surface area contributed by atoms with Crippen LogP contribution in [0.2, 0.25) is 0 Å². The van der Waals surface area contributed by atoms with Crippen molar-refractivity contribution in [1.82, 2.24) is 15.5 Å². The minimum atomic E-state index is 0.564. The van der Waals surface area contributed by atoms with Crippen molar-refractivity contribution in [2.75, 3.05) is 18.8 Å². The molecule has 0 saturated carbocycles. The van der Waals surface area contributed by atoms with Crippen LogP contribution in [-0.4, -0.2) is 23.3 Å². The molecule has 1 aliphatic heterocycles. The number of nitrogen functional groups attached to an aromatic ring is 1. The Balaban J connectivity index is 2.21. The first kappa shape index (κ1) is 6.67. The maximum Gasteiger partial charge on any atom is 0.122 e. The van der Waals surface area contributed by atoms with Gasteiger partial charge in [0.15, 0.2) is 0 Å². The summed E-state index contributed by atoms with van der Waals surface area (Å²) in [5, 5.41) is 9.92. The van der Waals surface area contributed by atoms with E-state index >= 15 is 0 Å². The monoisotopic (exact) mass is 152 g/mol. The number of nitrogens with one attached hydrogen (secondary N) is 2. The topological polar surface area (TPSA) is 66.7 Å². The zero-order valence-electron chi connectivity index (χ0n) is 6.30. The van der Waals surface area contributed by atoms with Gasteiger partial charge in [-0.05, 0) is 13.0 Å². The molecule has 4 heteroatoms. The summed E-state index contributed by atoms with van der Waals surface area (Å²) in [7, 11) is 0. The van der Waals surface area contributed by atoms with Crippen LogP contribution >= 0.6 is 0 Å². The normalized spacial score (nSPS) is 24.2. The number of H-pyrrole nitrogens is 1. The van der Waals surface area contributed by atoms with E-state index in [0.717, 1.165) is 24.5 Å². The zero-order valence-corrected chi connectivity index (χ0v) is 6.30. The molecule has 0 aliphatic carbocycles. The van der Waals surface area contributed by atoms with E-state index in [4.69, 9.17) is 5.73 Å². The SMILES string of the molecule is Nc1[nH]ncc1C1CCNC1. The molecule has 1 atom stereocenters. The molecule has 0 radical (unpaired) electrons. The number of aromatic nitrogens is 2. The van der Waals surface area contributed by atoms with Crippen molar-refractivity contribution in [2.45, 2.75) is 12.3 Å². The highest BCUT2D eigenvalue weighted by Gasteiger charge is 2.19. The summed E-state index contributed by atoms with van der Waals surface area (Å²) < 4.78 is 0. The molecule has 11 heavy (non-hydrogen) atoms. The number of rotatable bonds is 1. The van der Waals surface area contributed by atoms with Gasteiger partial charge in [-0.1, -0.05) is 0 Å². The van der Waals surface area contributed by atoms with E-state index in [1.54, 1.807) is 0 Å². The lowest BCUT2D eigenvalue weighted by molar-refractivity contribution is 0.766. The van der Waals surface area contributed by atoms with Crippen LogP contribution in [0.5, 0.6) is 0 Å². The van der Waals surface area contributed by atoms with E-state index in [1.165, 1.54) is 6.42 Å². The molecule has 1 saturated heterocycles. The van der Waals surface area contributed by atoms with Gasteiger partial charge < -0.3 is 11.1 Å². The Labute approximate surface area is 65.2 Å². The second-order valence-corrected chi connectivity index (χ2v) is 2.93. The third kappa shape index (κ3) is 1.09. The molecule has 60 valence electrons. The summed E-state index contributed by atoms with van der Waals surface area (Å²) in [6.07, 6.45) is 3.00. The Kier molecular flexibility index (Phi) is 1.54. The lowest BCUT2D eigenvalue weighted by Crippen LogP contribution is -2.08. The number of nitrogens with zero attached hydrogens (tertiary/aromatic N) is 1. The van der Waals surface area contributed by atoms with Crippen molar-refractivity contribution in [3.05, 3.63) is 11.8 Å². The molecule has 0 aromatic carbocycles. The standard InChI is InChI=1S/C7H12N4/c8-7-6(4-10-11-7)5-1-2-9-3-5/h4-5,9H,1-3H2,(H3,8,10,11). The van der Waals surface area contributed by atoms with Crippen molar-refractivity contribution in [1.29, 1.82) is 0 Å². The first-order valence-electron chi connectivity index (χ1n) is 3.87. The molecule has 0 spiro atoms. The van der Waals surface area contributed by atoms with Crippen LogP contribution in [0.4, 0.5) is 5.82 Å². The summed E-state index contributed by atoms with van der Waals surface area (Å²) in [6.45, 7) is 2.12. The van der Waals surface area contributed by atoms with Crippen molar-refractivity contribution >= 4 is 5.82 Å². The van der Waals surface area contributed by atoms with Crippen LogP contribution in [0, 0.1) is 0 Å². The van der Waals surface area contributed by atoms with Gasteiger partial charge >= 0.3 is 0 Å². The Morgan fingerprint density at radius 1 is 1.64 bits per heavy atom. The van der Waals surface area contributed by atoms with Gasteiger partial charge in [-0.2, -0.15) is 5.10 Å². The molecule has 4 N–H and O–H groups in total. The summed E-state index contributed by atoms with van der Waals surface area (Å²) >= 11 is 0. The predicted octanol–water partition coefficient (Wildman–Crippen LogP) is 0.0688. The molecule has 0 bridgehead atoms. The van der Waals surface area contributed by atoms with Crippen LogP contribution < -0.4 is 11.1 Å². The Bertz CT molecular complexity index is 236. The number of anilines is 1. The van der Waals surface area contributed by atoms with Gasteiger partial charge in [0, 0.05) is 18.0 Å². The highest BCUT2D eigenvalue weighted by Crippen LogP contribution is 2.24. The lowest BCUT2D eigenvalue weighted by Gasteiger charge is -2.04. The van der Waals surface area contributed by atoms with E-state index in [1.807, 2.05) is 6.20 Å². The summed E-state index contributed by atoms with van der Waals surface area (Å²) in [5.74, 6) is 1.28. The Morgan fingerprint density at radius 2 is 2.55 bits per heavy atom. The van der Waals surface area contributed by atoms with Gasteiger partial charge in [-0.15, -0.1) is 0 Å². The van der Waals surface area contributed by atoms with E-state index in [2.05, 4.69) is 15.5 Å². The summed E-state index contributed by atoms with van der Waals surface area (Å²) in [5.41, 5.74) is 6.84. The van der Waals surface area contributed by atoms with Crippen LogP contribution in [0.3, 0.4) is 0 Å². The van der Waals surface area contributed by atoms with E-state index in [0.29, 0.717) is 5.92 Å². The van der Waals surface area contributed by atoms with Gasteiger partial charge in [0.2, 0.25) is 0 Å². The highest BCUT2D eigenvalue weighted by atomic mass is 15.1. The van der Waals surface area contributed by atoms with Crippen molar-refractivity contribution in [3.63, 3.8) is 0 Å². The molecule has 1 aromatic rings. The highest BCUT2D eigenvalue weighted by molar-refractivity contribution is 5.40. The van der Waals surface area contributed by atoms with E-state index in [-0.39, 0.29) is 0 Å². The molecular weight excluding hydrogens is 140 g/mol. The molecule has 1 unspecified atom stereocenters. The Hall–Kier alpha value is -1.03. The number of aromatic amines is 1. The molecule has 1 fully saturated rings. The third-order valence-corrected chi connectivity index (χ3v) is 2.20.